The van der Waals surface area contributed by atoms with Crippen molar-refractivity contribution in [2.45, 2.75) is 6.10 Å². The lowest BCUT2D eigenvalue weighted by Crippen LogP contribution is -2.51. The number of anilines is 2. The van der Waals surface area contributed by atoms with Crippen LogP contribution < -0.4 is 10.6 Å². The zero-order valence-corrected chi connectivity index (χ0v) is 8.05. The van der Waals surface area contributed by atoms with Gasteiger partial charge in [0.15, 0.2) is 5.58 Å². The van der Waals surface area contributed by atoms with Crippen LogP contribution in [0.1, 0.15) is 0 Å². The minimum Gasteiger partial charge on any atom is -0.423 e. The number of hydrogen-bond acceptors (Lipinski definition) is 5. The number of fused-ring (bicyclic) bond motifs is 1. The Bertz CT molecular complexity index is 502. The number of β-amino-alcohol motifs (C(OH)–C–C–N with tert-alkyl or cyclic N) is 1. The topological polar surface area (TPSA) is 75.5 Å². The highest BCUT2D eigenvalue weighted by Crippen LogP contribution is 2.26. The Kier molecular flexibility index (Phi) is 1.63. The average molecular weight is 205 g/mol. The molecule has 5 nitrogen and oxygen atoms in total. The summed E-state index contributed by atoms with van der Waals surface area (Å²) < 4.78 is 5.52. The van der Waals surface area contributed by atoms with Crippen LogP contribution >= 0.6 is 0 Å². The third-order valence-electron chi connectivity index (χ3n) is 2.53. The van der Waals surface area contributed by atoms with E-state index in [0.29, 0.717) is 24.8 Å². The maximum absolute atomic E-state index is 9.17. The molecule has 1 aliphatic heterocycles. The normalized spacial score (nSPS) is 17.0. The van der Waals surface area contributed by atoms with Crippen molar-refractivity contribution in [1.29, 1.82) is 0 Å². The van der Waals surface area contributed by atoms with Crippen LogP contribution in [-0.2, 0) is 0 Å². The second-order valence-electron chi connectivity index (χ2n) is 3.78. The third-order valence-corrected chi connectivity index (χ3v) is 2.53. The molecular weight excluding hydrogens is 194 g/mol. The molecule has 0 saturated carbocycles. The van der Waals surface area contributed by atoms with Crippen LogP contribution in [0.4, 0.5) is 11.7 Å². The molecule has 0 atom stereocenters. The molecule has 0 amide bonds. The first-order valence-corrected chi connectivity index (χ1v) is 4.81. The Balaban J connectivity index is 1.99. The van der Waals surface area contributed by atoms with E-state index >= 15 is 0 Å². The number of aromatic nitrogens is 1. The Labute approximate surface area is 86.1 Å². The number of rotatable bonds is 1. The van der Waals surface area contributed by atoms with Crippen molar-refractivity contribution in [1.82, 2.24) is 4.98 Å². The fourth-order valence-electron chi connectivity index (χ4n) is 1.68. The lowest BCUT2D eigenvalue weighted by Gasteiger charge is -2.34. The summed E-state index contributed by atoms with van der Waals surface area (Å²) in [6, 6.07) is 5.92. The maximum Gasteiger partial charge on any atom is 0.298 e. The van der Waals surface area contributed by atoms with Gasteiger partial charge in [-0.05, 0) is 18.2 Å². The second kappa shape index (κ2) is 2.87. The van der Waals surface area contributed by atoms with Gasteiger partial charge in [0.2, 0.25) is 0 Å². The monoisotopic (exact) mass is 205 g/mol. The molecule has 0 bridgehead atoms. The van der Waals surface area contributed by atoms with Crippen LogP contribution in [0.2, 0.25) is 0 Å². The van der Waals surface area contributed by atoms with E-state index in [4.69, 9.17) is 15.3 Å². The zero-order chi connectivity index (χ0) is 10.4. The Morgan fingerprint density at radius 2 is 2.27 bits per heavy atom. The molecule has 1 aromatic carbocycles. The predicted octanol–water partition coefficient (Wildman–Crippen LogP) is 0.591. The fraction of sp³-hybridized carbons (Fsp3) is 0.300. The molecule has 0 spiro atoms. The molecule has 3 N–H and O–H groups in total. The van der Waals surface area contributed by atoms with E-state index in [1.165, 1.54) is 0 Å². The lowest BCUT2D eigenvalue weighted by atomic mass is 10.2. The van der Waals surface area contributed by atoms with E-state index in [1.54, 1.807) is 18.2 Å². The van der Waals surface area contributed by atoms with E-state index in [1.807, 2.05) is 4.90 Å². The highest BCUT2D eigenvalue weighted by Gasteiger charge is 2.28. The number of nitrogen functional groups attached to an aromatic ring is 1. The Hall–Kier alpha value is -1.75. The van der Waals surface area contributed by atoms with Crippen LogP contribution in [0.3, 0.4) is 0 Å². The molecule has 0 radical (unpaired) electrons. The first-order valence-electron chi connectivity index (χ1n) is 4.81. The van der Waals surface area contributed by atoms with Crippen LogP contribution in [0.15, 0.2) is 22.6 Å². The van der Waals surface area contributed by atoms with Gasteiger partial charge in [-0.25, -0.2) is 0 Å². The van der Waals surface area contributed by atoms with Gasteiger partial charge in [0, 0.05) is 5.69 Å². The van der Waals surface area contributed by atoms with E-state index in [9.17, 15) is 0 Å². The van der Waals surface area contributed by atoms with E-state index in [0.717, 1.165) is 11.1 Å². The van der Waals surface area contributed by atoms with Crippen molar-refractivity contribution in [3.63, 3.8) is 0 Å². The summed E-state index contributed by atoms with van der Waals surface area (Å²) >= 11 is 0. The number of nitrogens with zero attached hydrogens (tertiary/aromatic N) is 2. The van der Waals surface area contributed by atoms with Gasteiger partial charge < -0.3 is 20.2 Å². The summed E-state index contributed by atoms with van der Waals surface area (Å²) in [5, 5.41) is 9.17. The maximum atomic E-state index is 9.17. The lowest BCUT2D eigenvalue weighted by molar-refractivity contribution is 0.137. The molecule has 0 unspecified atom stereocenters. The number of hydrogen-bond donors (Lipinski definition) is 2. The quantitative estimate of drug-likeness (QED) is 0.666. The molecule has 1 aliphatic rings. The molecule has 1 aromatic heterocycles. The zero-order valence-electron chi connectivity index (χ0n) is 8.05. The number of oxazole rings is 1. The minimum absolute atomic E-state index is 0.259. The summed E-state index contributed by atoms with van der Waals surface area (Å²) in [6.07, 6.45) is -0.259. The number of benzene rings is 1. The van der Waals surface area contributed by atoms with Gasteiger partial charge in [0.1, 0.15) is 5.52 Å². The van der Waals surface area contributed by atoms with Crippen molar-refractivity contribution in [3.05, 3.63) is 18.2 Å². The van der Waals surface area contributed by atoms with Crippen LogP contribution in [0, 0.1) is 0 Å². The van der Waals surface area contributed by atoms with Crippen molar-refractivity contribution in [2.24, 2.45) is 0 Å². The molecule has 15 heavy (non-hydrogen) atoms. The summed E-state index contributed by atoms with van der Waals surface area (Å²) in [4.78, 5) is 6.19. The molecule has 5 heteroatoms. The van der Waals surface area contributed by atoms with Gasteiger partial charge in [-0.2, -0.15) is 4.98 Å². The molecule has 78 valence electrons. The highest BCUT2D eigenvalue weighted by molar-refractivity contribution is 5.78. The van der Waals surface area contributed by atoms with Crippen LogP contribution in [0.5, 0.6) is 0 Å². The summed E-state index contributed by atoms with van der Waals surface area (Å²) in [6.45, 7) is 1.17. The average Bonchev–Trinajstić information content (AvgIpc) is 2.55. The van der Waals surface area contributed by atoms with Crippen molar-refractivity contribution in [3.8, 4) is 0 Å². The van der Waals surface area contributed by atoms with Crippen molar-refractivity contribution >= 4 is 22.8 Å². The number of aliphatic hydroxyl groups is 1. The predicted molar refractivity (Wildman–Crippen MR) is 56.6 cm³/mol. The number of nitrogens with two attached hydrogens (primary N) is 1. The molecule has 0 aliphatic carbocycles. The van der Waals surface area contributed by atoms with E-state index < -0.39 is 0 Å². The van der Waals surface area contributed by atoms with Gasteiger partial charge in [0.25, 0.3) is 6.01 Å². The SMILES string of the molecule is Nc1ccc2oc(N3CC(O)C3)nc2c1. The van der Waals surface area contributed by atoms with Gasteiger partial charge in [-0.15, -0.1) is 0 Å². The summed E-state index contributed by atoms with van der Waals surface area (Å²) in [5.41, 5.74) is 7.79. The second-order valence-corrected chi connectivity index (χ2v) is 3.78. The first-order chi connectivity index (χ1) is 7.22. The molecule has 1 saturated heterocycles. The smallest absolute Gasteiger partial charge is 0.298 e. The number of aliphatic hydroxyl groups excluding tert-OH is 1. The highest BCUT2D eigenvalue weighted by atomic mass is 16.4. The molecule has 2 heterocycles. The first kappa shape index (κ1) is 8.55. The van der Waals surface area contributed by atoms with Gasteiger partial charge in [0.05, 0.1) is 19.2 Å². The van der Waals surface area contributed by atoms with Gasteiger partial charge in [-0.3, -0.25) is 0 Å². The standard InChI is InChI=1S/C10H11N3O2/c11-6-1-2-9-8(3-6)12-10(15-9)13-4-7(14)5-13/h1-3,7,14H,4-5,11H2. The molecular formula is C10H11N3O2. The molecule has 3 rings (SSSR count). The van der Waals surface area contributed by atoms with Crippen molar-refractivity contribution in [2.75, 3.05) is 23.7 Å². The minimum atomic E-state index is -0.259. The van der Waals surface area contributed by atoms with Gasteiger partial charge >= 0.3 is 0 Å². The summed E-state index contributed by atoms with van der Waals surface area (Å²) in [7, 11) is 0. The third kappa shape index (κ3) is 1.32. The van der Waals surface area contributed by atoms with Gasteiger partial charge in [-0.1, -0.05) is 0 Å². The van der Waals surface area contributed by atoms with E-state index in [-0.39, 0.29) is 6.10 Å². The van der Waals surface area contributed by atoms with Crippen LogP contribution in [0.25, 0.3) is 11.1 Å². The largest absolute Gasteiger partial charge is 0.423 e. The van der Waals surface area contributed by atoms with E-state index in [2.05, 4.69) is 4.98 Å². The van der Waals surface area contributed by atoms with Crippen LogP contribution in [-0.4, -0.2) is 29.3 Å². The van der Waals surface area contributed by atoms with Crippen molar-refractivity contribution < 1.29 is 9.52 Å². The Morgan fingerprint density at radius 3 is 3.00 bits per heavy atom. The summed E-state index contributed by atoms with van der Waals surface area (Å²) in [5.74, 6) is 0. The molecule has 2 aromatic rings. The Morgan fingerprint density at radius 1 is 1.47 bits per heavy atom. The molecule has 1 fully saturated rings. The fourth-order valence-corrected chi connectivity index (χ4v) is 1.68.